The highest BCUT2D eigenvalue weighted by atomic mass is 35.5. The van der Waals surface area contributed by atoms with Crippen LogP contribution in [0.2, 0.25) is 0 Å². The normalized spacial score (nSPS) is 28.7. The maximum absolute atomic E-state index is 12.1. The first-order valence-corrected chi connectivity index (χ1v) is 7.82. The summed E-state index contributed by atoms with van der Waals surface area (Å²) in [7, 11) is 0. The average molecular weight is 321 g/mol. The summed E-state index contributed by atoms with van der Waals surface area (Å²) in [6.45, 7) is 6.08. The van der Waals surface area contributed by atoms with E-state index in [1.54, 1.807) is 0 Å². The lowest BCUT2D eigenvalue weighted by Crippen LogP contribution is -2.62. The molecule has 6 heteroatoms. The van der Waals surface area contributed by atoms with Crippen molar-refractivity contribution in [2.45, 2.75) is 64.2 Å². The predicted molar refractivity (Wildman–Crippen MR) is 84.4 cm³/mol. The van der Waals surface area contributed by atoms with Gasteiger partial charge in [0.2, 0.25) is 5.91 Å². The summed E-state index contributed by atoms with van der Waals surface area (Å²) in [5.41, 5.74) is 5.59. The Bertz CT molecular complexity index is 342. The smallest absolute Gasteiger partial charge is 0.222 e. The standard InChI is InChI=1S/C15H28N2O3.ClH/c1-3-20-13-10-12(18)15(13)6-8-17(9-7-15)14(19)5-4-11(2)16;/h11-13,18H,3-10,16H2,1-2H3;1H. The molecule has 0 aromatic carbocycles. The van der Waals surface area contributed by atoms with Crippen LogP contribution in [-0.2, 0) is 9.53 Å². The Hall–Kier alpha value is -0.360. The summed E-state index contributed by atoms with van der Waals surface area (Å²) in [5, 5.41) is 10.1. The number of amides is 1. The number of likely N-dealkylation sites (tertiary alicyclic amines) is 1. The fourth-order valence-electron chi connectivity index (χ4n) is 3.50. The van der Waals surface area contributed by atoms with Crippen LogP contribution in [0.25, 0.3) is 0 Å². The first kappa shape index (κ1) is 18.7. The molecule has 1 spiro atoms. The van der Waals surface area contributed by atoms with Crippen LogP contribution >= 0.6 is 12.4 Å². The lowest BCUT2D eigenvalue weighted by molar-refractivity contribution is -0.210. The molecular formula is C15H29ClN2O3. The van der Waals surface area contributed by atoms with E-state index in [1.807, 2.05) is 18.7 Å². The third kappa shape index (κ3) is 3.89. The second kappa shape index (κ2) is 7.77. The molecule has 1 heterocycles. The van der Waals surface area contributed by atoms with Crippen LogP contribution in [0.4, 0.5) is 0 Å². The number of aliphatic hydroxyl groups is 1. The number of rotatable bonds is 5. The second-order valence-electron chi connectivity index (χ2n) is 6.33. The zero-order chi connectivity index (χ0) is 14.8. The lowest BCUT2D eigenvalue weighted by Gasteiger charge is -2.56. The first-order valence-electron chi connectivity index (χ1n) is 7.82. The summed E-state index contributed by atoms with van der Waals surface area (Å²) in [6.07, 6.45) is 3.62. The van der Waals surface area contributed by atoms with E-state index in [9.17, 15) is 9.90 Å². The lowest BCUT2D eigenvalue weighted by atomic mass is 9.58. The number of carbonyl (C=O) groups excluding carboxylic acids is 1. The number of halogens is 1. The van der Waals surface area contributed by atoms with Crippen molar-refractivity contribution < 1.29 is 14.6 Å². The fraction of sp³-hybridized carbons (Fsp3) is 0.933. The number of hydrogen-bond donors (Lipinski definition) is 2. The summed E-state index contributed by atoms with van der Waals surface area (Å²) in [4.78, 5) is 14.0. The fourth-order valence-corrected chi connectivity index (χ4v) is 3.50. The molecule has 1 saturated heterocycles. The van der Waals surface area contributed by atoms with Gasteiger partial charge in [0.25, 0.3) is 0 Å². The summed E-state index contributed by atoms with van der Waals surface area (Å²) < 4.78 is 5.74. The molecule has 2 aliphatic rings. The Labute approximate surface area is 133 Å². The van der Waals surface area contributed by atoms with Crippen molar-refractivity contribution in [1.29, 1.82) is 0 Å². The van der Waals surface area contributed by atoms with Crippen molar-refractivity contribution in [3.05, 3.63) is 0 Å². The predicted octanol–water partition coefficient (Wildman–Crippen LogP) is 1.31. The van der Waals surface area contributed by atoms with Gasteiger partial charge in [-0.1, -0.05) is 0 Å². The van der Waals surface area contributed by atoms with E-state index in [-0.39, 0.29) is 42.0 Å². The minimum atomic E-state index is -0.264. The molecule has 0 aromatic heterocycles. The summed E-state index contributed by atoms with van der Waals surface area (Å²) >= 11 is 0. The van der Waals surface area contributed by atoms with Crippen LogP contribution in [0, 0.1) is 5.41 Å². The maximum Gasteiger partial charge on any atom is 0.222 e. The molecule has 0 radical (unpaired) electrons. The highest BCUT2D eigenvalue weighted by Crippen LogP contribution is 2.50. The van der Waals surface area contributed by atoms with Gasteiger partial charge in [-0.2, -0.15) is 0 Å². The third-order valence-electron chi connectivity index (χ3n) is 4.97. The van der Waals surface area contributed by atoms with Gasteiger partial charge in [0.15, 0.2) is 0 Å². The average Bonchev–Trinajstić information content (AvgIpc) is 2.44. The van der Waals surface area contributed by atoms with Gasteiger partial charge in [0.05, 0.1) is 12.2 Å². The van der Waals surface area contributed by atoms with Gasteiger partial charge in [0, 0.05) is 44.0 Å². The van der Waals surface area contributed by atoms with Crippen LogP contribution in [0.1, 0.15) is 46.0 Å². The molecule has 3 N–H and O–H groups in total. The van der Waals surface area contributed by atoms with Crippen molar-refractivity contribution in [3.8, 4) is 0 Å². The number of nitrogens with zero attached hydrogens (tertiary/aromatic N) is 1. The maximum atomic E-state index is 12.1. The molecule has 0 aromatic rings. The van der Waals surface area contributed by atoms with Crippen molar-refractivity contribution >= 4 is 18.3 Å². The third-order valence-corrected chi connectivity index (χ3v) is 4.97. The van der Waals surface area contributed by atoms with E-state index in [2.05, 4.69) is 0 Å². The molecule has 3 atom stereocenters. The van der Waals surface area contributed by atoms with Gasteiger partial charge < -0.3 is 20.5 Å². The molecule has 1 amide bonds. The van der Waals surface area contributed by atoms with Crippen molar-refractivity contribution in [1.82, 2.24) is 4.90 Å². The molecule has 1 aliphatic heterocycles. The highest BCUT2D eigenvalue weighted by molar-refractivity contribution is 5.85. The van der Waals surface area contributed by atoms with Gasteiger partial charge in [0.1, 0.15) is 0 Å². The van der Waals surface area contributed by atoms with Crippen LogP contribution in [-0.4, -0.2) is 53.9 Å². The number of ether oxygens (including phenoxy) is 1. The molecule has 5 nitrogen and oxygen atoms in total. The molecule has 124 valence electrons. The number of hydrogen-bond acceptors (Lipinski definition) is 4. The molecule has 2 fully saturated rings. The van der Waals surface area contributed by atoms with E-state index in [0.717, 1.165) is 38.8 Å². The molecule has 0 bridgehead atoms. The Morgan fingerprint density at radius 1 is 1.48 bits per heavy atom. The Morgan fingerprint density at radius 2 is 2.10 bits per heavy atom. The van der Waals surface area contributed by atoms with Gasteiger partial charge >= 0.3 is 0 Å². The van der Waals surface area contributed by atoms with Gasteiger partial charge in [-0.25, -0.2) is 0 Å². The van der Waals surface area contributed by atoms with Crippen molar-refractivity contribution in [2.24, 2.45) is 11.1 Å². The number of nitrogens with two attached hydrogens (primary N) is 1. The Kier molecular flexibility index (Phi) is 6.91. The number of carbonyl (C=O) groups is 1. The van der Waals surface area contributed by atoms with E-state index in [4.69, 9.17) is 10.5 Å². The Morgan fingerprint density at radius 3 is 2.57 bits per heavy atom. The van der Waals surface area contributed by atoms with Crippen LogP contribution < -0.4 is 5.73 Å². The van der Waals surface area contributed by atoms with Gasteiger partial charge in [-0.15, -0.1) is 12.4 Å². The van der Waals surface area contributed by atoms with Crippen molar-refractivity contribution in [2.75, 3.05) is 19.7 Å². The van der Waals surface area contributed by atoms with E-state index in [1.165, 1.54) is 0 Å². The monoisotopic (exact) mass is 320 g/mol. The topological polar surface area (TPSA) is 75.8 Å². The molecule has 3 unspecified atom stereocenters. The SMILES string of the molecule is CCOC1CC(O)C12CCN(C(=O)CCC(C)N)CC2.Cl. The minimum absolute atomic E-state index is 0. The summed E-state index contributed by atoms with van der Waals surface area (Å²) in [5.74, 6) is 0.193. The van der Waals surface area contributed by atoms with E-state index in [0.29, 0.717) is 13.0 Å². The largest absolute Gasteiger partial charge is 0.392 e. The minimum Gasteiger partial charge on any atom is -0.392 e. The van der Waals surface area contributed by atoms with Crippen LogP contribution in [0.15, 0.2) is 0 Å². The Balaban J connectivity index is 0.00000220. The van der Waals surface area contributed by atoms with Gasteiger partial charge in [-0.05, 0) is 33.1 Å². The highest BCUT2D eigenvalue weighted by Gasteiger charge is 2.56. The van der Waals surface area contributed by atoms with E-state index >= 15 is 0 Å². The molecule has 1 aliphatic carbocycles. The summed E-state index contributed by atoms with van der Waals surface area (Å²) in [6, 6.07) is 0.0749. The zero-order valence-electron chi connectivity index (χ0n) is 13.1. The number of aliphatic hydroxyl groups excluding tert-OH is 1. The van der Waals surface area contributed by atoms with Crippen LogP contribution in [0.5, 0.6) is 0 Å². The molecule has 1 saturated carbocycles. The second-order valence-corrected chi connectivity index (χ2v) is 6.33. The van der Waals surface area contributed by atoms with Crippen molar-refractivity contribution in [3.63, 3.8) is 0 Å². The quantitative estimate of drug-likeness (QED) is 0.801. The molecule has 2 rings (SSSR count). The molecule has 21 heavy (non-hydrogen) atoms. The van der Waals surface area contributed by atoms with Crippen LogP contribution in [0.3, 0.4) is 0 Å². The first-order chi connectivity index (χ1) is 9.49. The molecular weight excluding hydrogens is 292 g/mol. The van der Waals surface area contributed by atoms with E-state index < -0.39 is 0 Å². The zero-order valence-corrected chi connectivity index (χ0v) is 13.9. The number of piperidine rings is 1. The van der Waals surface area contributed by atoms with Gasteiger partial charge in [-0.3, -0.25) is 4.79 Å².